The Balaban J connectivity index is 1.37. The second kappa shape index (κ2) is 9.71. The second-order valence-corrected chi connectivity index (χ2v) is 9.56. The Morgan fingerprint density at radius 3 is 2.64 bits per heavy atom. The molecule has 2 fully saturated rings. The highest BCUT2D eigenvalue weighted by molar-refractivity contribution is 7.89. The fourth-order valence-corrected chi connectivity index (χ4v) is 4.49. The molecule has 2 aliphatic rings. The molecule has 2 N–H and O–H groups in total. The number of aryl methyl sites for hydroxylation is 1. The van der Waals surface area contributed by atoms with Crippen LogP contribution in [0, 0.1) is 12.8 Å². The molecule has 0 radical (unpaired) electrons. The molecule has 2 heterocycles. The lowest BCUT2D eigenvalue weighted by Crippen LogP contribution is -2.52. The van der Waals surface area contributed by atoms with Crippen molar-refractivity contribution in [1.82, 2.24) is 25.0 Å². The Morgan fingerprint density at radius 2 is 2.07 bits per heavy atom. The zero-order valence-electron chi connectivity index (χ0n) is 16.9. The number of rotatable bonds is 8. The van der Waals surface area contributed by atoms with Gasteiger partial charge in [-0.05, 0) is 25.7 Å². The van der Waals surface area contributed by atoms with Crippen molar-refractivity contribution >= 4 is 16.0 Å². The van der Waals surface area contributed by atoms with Crippen LogP contribution in [0.4, 0.5) is 0 Å². The lowest BCUT2D eigenvalue weighted by molar-refractivity contribution is 0.169. The molecule has 0 spiro atoms. The molecule has 1 aromatic rings. The predicted molar refractivity (Wildman–Crippen MR) is 109 cm³/mol. The Morgan fingerprint density at radius 1 is 1.32 bits per heavy atom. The molecule has 1 aliphatic heterocycles. The van der Waals surface area contributed by atoms with Gasteiger partial charge in [0.05, 0.1) is 11.4 Å². The molecule has 0 bridgehead atoms. The SMILES string of the molecule is CN=C(NCCS(=O)(=O)NCC1CCC1)N1CCN(Cc2cc(C)on2)CC1. The van der Waals surface area contributed by atoms with Crippen LogP contribution in [0.3, 0.4) is 0 Å². The van der Waals surface area contributed by atoms with Crippen molar-refractivity contribution in [3.8, 4) is 0 Å². The van der Waals surface area contributed by atoms with Crippen molar-refractivity contribution in [1.29, 1.82) is 0 Å². The van der Waals surface area contributed by atoms with Gasteiger partial charge in [-0.15, -0.1) is 0 Å². The van der Waals surface area contributed by atoms with Gasteiger partial charge in [0.15, 0.2) is 5.96 Å². The number of sulfonamides is 1. The number of hydrogen-bond donors (Lipinski definition) is 2. The van der Waals surface area contributed by atoms with Crippen LogP contribution in [-0.4, -0.2) is 81.4 Å². The first-order valence-corrected chi connectivity index (χ1v) is 11.7. The average molecular weight is 413 g/mol. The smallest absolute Gasteiger partial charge is 0.213 e. The van der Waals surface area contributed by atoms with E-state index in [1.165, 1.54) is 6.42 Å². The maximum absolute atomic E-state index is 12.1. The number of aliphatic imine (C=N–C) groups is 1. The molecule has 1 saturated heterocycles. The van der Waals surface area contributed by atoms with Crippen molar-refractivity contribution in [3.63, 3.8) is 0 Å². The zero-order chi connectivity index (χ0) is 20.0. The van der Waals surface area contributed by atoms with E-state index in [1.807, 2.05) is 13.0 Å². The van der Waals surface area contributed by atoms with Crippen LogP contribution in [0.15, 0.2) is 15.6 Å². The van der Waals surface area contributed by atoms with Crippen LogP contribution in [0.25, 0.3) is 0 Å². The van der Waals surface area contributed by atoms with E-state index in [4.69, 9.17) is 4.52 Å². The summed E-state index contributed by atoms with van der Waals surface area (Å²) in [6.45, 7) is 7.07. The third kappa shape index (κ3) is 6.18. The van der Waals surface area contributed by atoms with E-state index >= 15 is 0 Å². The molecule has 158 valence electrons. The molecule has 0 amide bonds. The summed E-state index contributed by atoms with van der Waals surface area (Å²) in [5.41, 5.74) is 0.952. The van der Waals surface area contributed by atoms with Crippen LogP contribution in [-0.2, 0) is 16.6 Å². The van der Waals surface area contributed by atoms with Gasteiger partial charge in [-0.3, -0.25) is 9.89 Å². The maximum Gasteiger partial charge on any atom is 0.213 e. The van der Waals surface area contributed by atoms with Gasteiger partial charge in [0.2, 0.25) is 10.0 Å². The third-order valence-electron chi connectivity index (χ3n) is 5.42. The summed E-state index contributed by atoms with van der Waals surface area (Å²) in [5, 5.41) is 7.24. The topological polar surface area (TPSA) is 103 Å². The van der Waals surface area contributed by atoms with Crippen LogP contribution < -0.4 is 10.0 Å². The van der Waals surface area contributed by atoms with E-state index in [-0.39, 0.29) is 5.75 Å². The van der Waals surface area contributed by atoms with Gasteiger partial charge in [-0.1, -0.05) is 11.6 Å². The van der Waals surface area contributed by atoms with Crippen LogP contribution in [0.2, 0.25) is 0 Å². The van der Waals surface area contributed by atoms with Crippen LogP contribution >= 0.6 is 0 Å². The summed E-state index contributed by atoms with van der Waals surface area (Å²) in [6.07, 6.45) is 3.49. The standard InChI is InChI=1S/C18H32N6O3S/c1-15-12-17(22-27-15)14-23-7-9-24(10-8-23)18(19-2)20-6-11-28(25,26)21-13-16-4-3-5-16/h12,16,21H,3-11,13-14H2,1-2H3,(H,19,20). The first kappa shape index (κ1) is 21.1. The maximum atomic E-state index is 12.1. The van der Waals surface area contributed by atoms with Gasteiger partial charge in [0, 0.05) is 58.9 Å². The Bertz CT molecular complexity index is 751. The summed E-state index contributed by atoms with van der Waals surface area (Å²) in [5.74, 6) is 2.17. The minimum absolute atomic E-state index is 0.0597. The molecule has 0 unspecified atom stereocenters. The Kier molecular flexibility index (Phi) is 7.30. The van der Waals surface area contributed by atoms with E-state index in [9.17, 15) is 8.42 Å². The van der Waals surface area contributed by atoms with Crippen molar-refractivity contribution in [2.75, 3.05) is 52.1 Å². The molecule has 28 heavy (non-hydrogen) atoms. The lowest BCUT2D eigenvalue weighted by atomic mass is 9.86. The average Bonchev–Trinajstić information content (AvgIpc) is 3.03. The minimum atomic E-state index is -3.24. The molecule has 0 atom stereocenters. The monoisotopic (exact) mass is 412 g/mol. The van der Waals surface area contributed by atoms with Gasteiger partial charge < -0.3 is 14.7 Å². The number of hydrogen-bond acceptors (Lipinski definition) is 6. The molecule has 0 aromatic carbocycles. The van der Waals surface area contributed by atoms with Crippen LogP contribution in [0.1, 0.15) is 30.7 Å². The van der Waals surface area contributed by atoms with Crippen molar-refractivity contribution < 1.29 is 12.9 Å². The highest BCUT2D eigenvalue weighted by Crippen LogP contribution is 2.25. The first-order chi connectivity index (χ1) is 13.4. The molecule has 1 saturated carbocycles. The van der Waals surface area contributed by atoms with Gasteiger partial charge >= 0.3 is 0 Å². The predicted octanol–water partition coefficient (Wildman–Crippen LogP) is 0.396. The van der Waals surface area contributed by atoms with Gasteiger partial charge in [-0.2, -0.15) is 0 Å². The summed E-state index contributed by atoms with van der Waals surface area (Å²) in [6, 6.07) is 1.96. The summed E-state index contributed by atoms with van der Waals surface area (Å²) in [4.78, 5) is 8.81. The second-order valence-electron chi connectivity index (χ2n) is 7.63. The molecule has 1 aliphatic carbocycles. The quantitative estimate of drug-likeness (QED) is 0.470. The third-order valence-corrected chi connectivity index (χ3v) is 6.76. The van der Waals surface area contributed by atoms with E-state index in [2.05, 4.69) is 30.0 Å². The van der Waals surface area contributed by atoms with Gasteiger partial charge in [-0.25, -0.2) is 13.1 Å². The van der Waals surface area contributed by atoms with Gasteiger partial charge in [0.1, 0.15) is 5.76 Å². The highest BCUT2D eigenvalue weighted by atomic mass is 32.2. The number of guanidine groups is 1. The molecular formula is C18H32N6O3S. The molecule has 9 nitrogen and oxygen atoms in total. The van der Waals surface area contributed by atoms with Crippen molar-refractivity contribution in [2.24, 2.45) is 10.9 Å². The highest BCUT2D eigenvalue weighted by Gasteiger charge is 2.22. The summed E-state index contributed by atoms with van der Waals surface area (Å²) >= 11 is 0. The van der Waals surface area contributed by atoms with Gasteiger partial charge in [0.25, 0.3) is 0 Å². The normalized spacial score (nSPS) is 19.6. The molecule has 3 rings (SSSR count). The Hall–Kier alpha value is -1.65. The molecule has 1 aromatic heterocycles. The number of nitrogens with zero attached hydrogens (tertiary/aromatic N) is 4. The fraction of sp³-hybridized carbons (Fsp3) is 0.778. The lowest BCUT2D eigenvalue weighted by Gasteiger charge is -2.36. The molecular weight excluding hydrogens is 380 g/mol. The fourth-order valence-electron chi connectivity index (χ4n) is 3.48. The Labute approximate surface area is 167 Å². The number of piperazine rings is 1. The first-order valence-electron chi connectivity index (χ1n) is 10.0. The summed E-state index contributed by atoms with van der Waals surface area (Å²) < 4.78 is 32.1. The van der Waals surface area contributed by atoms with E-state index in [0.717, 1.165) is 63.0 Å². The van der Waals surface area contributed by atoms with Crippen LogP contribution in [0.5, 0.6) is 0 Å². The number of aromatic nitrogens is 1. The van der Waals surface area contributed by atoms with E-state index in [0.29, 0.717) is 19.0 Å². The van der Waals surface area contributed by atoms with E-state index < -0.39 is 10.0 Å². The largest absolute Gasteiger partial charge is 0.361 e. The van der Waals surface area contributed by atoms with Crippen molar-refractivity contribution in [3.05, 3.63) is 17.5 Å². The minimum Gasteiger partial charge on any atom is -0.361 e. The number of nitrogens with one attached hydrogen (secondary N) is 2. The van der Waals surface area contributed by atoms with E-state index in [1.54, 1.807) is 7.05 Å². The summed E-state index contributed by atoms with van der Waals surface area (Å²) in [7, 11) is -1.51. The molecule has 10 heteroatoms. The zero-order valence-corrected chi connectivity index (χ0v) is 17.7. The van der Waals surface area contributed by atoms with Crippen molar-refractivity contribution in [2.45, 2.75) is 32.7 Å².